The van der Waals surface area contributed by atoms with E-state index in [4.69, 9.17) is 4.74 Å². The average Bonchev–Trinajstić information content (AvgIpc) is 2.86. The van der Waals surface area contributed by atoms with Crippen LogP contribution in [0.1, 0.15) is 58.8 Å². The van der Waals surface area contributed by atoms with Crippen LogP contribution in [0.2, 0.25) is 0 Å². The Morgan fingerprint density at radius 1 is 1.50 bits per heavy atom. The van der Waals surface area contributed by atoms with Gasteiger partial charge in [-0.15, -0.1) is 6.58 Å². The van der Waals surface area contributed by atoms with Crippen molar-refractivity contribution in [2.75, 3.05) is 0 Å². The lowest BCUT2D eigenvalue weighted by Gasteiger charge is -2.14. The zero-order valence-corrected chi connectivity index (χ0v) is 10.6. The third-order valence-corrected chi connectivity index (χ3v) is 3.50. The first-order valence-electron chi connectivity index (χ1n) is 6.43. The van der Waals surface area contributed by atoms with Crippen molar-refractivity contribution < 1.29 is 9.53 Å². The van der Waals surface area contributed by atoms with Crippen molar-refractivity contribution in [3.63, 3.8) is 0 Å². The number of ether oxygens (including phenoxy) is 1. The quantitative estimate of drug-likeness (QED) is 0.355. The summed E-state index contributed by atoms with van der Waals surface area (Å²) in [6, 6.07) is 0. The van der Waals surface area contributed by atoms with E-state index in [9.17, 15) is 4.79 Å². The monoisotopic (exact) mass is 224 g/mol. The largest absolute Gasteiger partial charge is 0.462 e. The Morgan fingerprint density at radius 2 is 2.25 bits per heavy atom. The number of hydrogen-bond donors (Lipinski definition) is 0. The van der Waals surface area contributed by atoms with Crippen LogP contribution in [0.5, 0.6) is 0 Å². The van der Waals surface area contributed by atoms with Gasteiger partial charge in [-0.1, -0.05) is 38.7 Å². The van der Waals surface area contributed by atoms with E-state index in [1.54, 1.807) is 0 Å². The van der Waals surface area contributed by atoms with Crippen LogP contribution in [0.3, 0.4) is 0 Å². The van der Waals surface area contributed by atoms with E-state index in [-0.39, 0.29) is 17.5 Å². The summed E-state index contributed by atoms with van der Waals surface area (Å²) in [5.41, 5.74) is 0.237. The number of carbonyl (C=O) groups is 1. The molecule has 0 radical (unpaired) electrons. The summed E-state index contributed by atoms with van der Waals surface area (Å²) in [6.07, 6.45) is 10.4. The minimum Gasteiger partial charge on any atom is -0.462 e. The molecular weight excluding hydrogens is 200 g/mol. The maximum Gasteiger partial charge on any atom is 0.302 e. The van der Waals surface area contributed by atoms with Gasteiger partial charge in [-0.3, -0.25) is 4.79 Å². The molecule has 0 amide bonds. The van der Waals surface area contributed by atoms with Crippen LogP contribution < -0.4 is 0 Å². The molecule has 1 fully saturated rings. The first kappa shape index (κ1) is 13.3. The minimum absolute atomic E-state index is 0.149. The van der Waals surface area contributed by atoms with Crippen LogP contribution >= 0.6 is 0 Å². The molecule has 1 aliphatic rings. The third kappa shape index (κ3) is 3.66. The second-order valence-electron chi connectivity index (χ2n) is 4.97. The molecule has 1 saturated carbocycles. The van der Waals surface area contributed by atoms with Gasteiger partial charge in [-0.05, 0) is 19.3 Å². The van der Waals surface area contributed by atoms with Crippen molar-refractivity contribution in [2.45, 2.75) is 64.9 Å². The highest BCUT2D eigenvalue weighted by Gasteiger charge is 2.54. The number of esters is 1. The summed E-state index contributed by atoms with van der Waals surface area (Å²) >= 11 is 0. The normalized spacial score (nSPS) is 27.5. The molecule has 0 aromatic carbocycles. The smallest absolute Gasteiger partial charge is 0.302 e. The van der Waals surface area contributed by atoms with E-state index in [2.05, 4.69) is 13.5 Å². The predicted octanol–water partition coefficient (Wildman–Crippen LogP) is 3.85. The Morgan fingerprint density at radius 3 is 2.81 bits per heavy atom. The zero-order chi connectivity index (χ0) is 12.0. The first-order chi connectivity index (χ1) is 7.64. The van der Waals surface area contributed by atoms with Gasteiger partial charge in [-0.25, -0.2) is 0 Å². The summed E-state index contributed by atoms with van der Waals surface area (Å²) in [4.78, 5) is 10.9. The Bertz CT molecular complexity index is 247. The lowest BCUT2D eigenvalue weighted by Crippen LogP contribution is -2.11. The molecule has 1 rings (SSSR count). The van der Waals surface area contributed by atoms with Gasteiger partial charge in [0.05, 0.1) is 0 Å². The summed E-state index contributed by atoms with van der Waals surface area (Å²) in [5, 5.41) is 0. The maximum absolute atomic E-state index is 10.9. The Labute approximate surface area is 99.1 Å². The summed E-state index contributed by atoms with van der Waals surface area (Å²) in [7, 11) is 0. The molecule has 0 saturated heterocycles. The van der Waals surface area contributed by atoms with Crippen molar-refractivity contribution in [3.05, 3.63) is 12.7 Å². The van der Waals surface area contributed by atoms with Gasteiger partial charge in [0.2, 0.25) is 0 Å². The first-order valence-corrected chi connectivity index (χ1v) is 6.43. The molecule has 0 bridgehead atoms. The summed E-state index contributed by atoms with van der Waals surface area (Å²) in [5.74, 6) is -0.149. The van der Waals surface area contributed by atoms with Gasteiger partial charge < -0.3 is 4.74 Å². The van der Waals surface area contributed by atoms with Gasteiger partial charge in [0.15, 0.2) is 0 Å². The van der Waals surface area contributed by atoms with E-state index in [0.29, 0.717) is 0 Å². The van der Waals surface area contributed by atoms with Gasteiger partial charge in [0.25, 0.3) is 0 Å². The molecule has 0 aromatic rings. The fraction of sp³-hybridized carbons (Fsp3) is 0.786. The van der Waals surface area contributed by atoms with E-state index >= 15 is 0 Å². The molecule has 2 atom stereocenters. The van der Waals surface area contributed by atoms with Crippen molar-refractivity contribution in [1.29, 1.82) is 0 Å². The van der Waals surface area contributed by atoms with Crippen LogP contribution in [-0.2, 0) is 9.53 Å². The third-order valence-electron chi connectivity index (χ3n) is 3.50. The highest BCUT2D eigenvalue weighted by Crippen LogP contribution is 2.55. The van der Waals surface area contributed by atoms with Gasteiger partial charge >= 0.3 is 5.97 Å². The molecule has 0 unspecified atom stereocenters. The standard InChI is InChI=1S/C14H24O2/c1-4-6-7-8-10-14(9-5-2)11-13(14)16-12(3)15/h5,13H,2,4,6-11H2,1,3H3/t13-,14+/m0/s1. The van der Waals surface area contributed by atoms with Crippen molar-refractivity contribution in [1.82, 2.24) is 0 Å². The maximum atomic E-state index is 10.9. The molecule has 0 spiro atoms. The lowest BCUT2D eigenvalue weighted by atomic mass is 9.94. The molecule has 0 aromatic heterocycles. The zero-order valence-electron chi connectivity index (χ0n) is 10.6. The Kier molecular flexibility index (Phi) is 5.04. The number of unbranched alkanes of at least 4 members (excludes halogenated alkanes) is 3. The molecule has 2 nitrogen and oxygen atoms in total. The van der Waals surface area contributed by atoms with Crippen LogP contribution in [0, 0.1) is 5.41 Å². The number of rotatable bonds is 8. The predicted molar refractivity (Wildman–Crippen MR) is 66.2 cm³/mol. The van der Waals surface area contributed by atoms with Crippen molar-refractivity contribution >= 4 is 5.97 Å². The highest BCUT2D eigenvalue weighted by atomic mass is 16.5. The van der Waals surface area contributed by atoms with E-state index in [1.165, 1.54) is 39.0 Å². The van der Waals surface area contributed by atoms with Gasteiger partial charge in [0.1, 0.15) is 6.10 Å². The molecule has 1 aliphatic carbocycles. The van der Waals surface area contributed by atoms with Crippen LogP contribution in [-0.4, -0.2) is 12.1 Å². The molecule has 16 heavy (non-hydrogen) atoms. The van der Waals surface area contributed by atoms with Gasteiger partial charge in [0, 0.05) is 12.3 Å². The summed E-state index contributed by atoms with van der Waals surface area (Å²) in [6.45, 7) is 7.52. The van der Waals surface area contributed by atoms with E-state index < -0.39 is 0 Å². The fourth-order valence-electron chi connectivity index (χ4n) is 2.45. The molecule has 2 heteroatoms. The van der Waals surface area contributed by atoms with Crippen LogP contribution in [0.25, 0.3) is 0 Å². The highest BCUT2D eigenvalue weighted by molar-refractivity contribution is 5.66. The van der Waals surface area contributed by atoms with Crippen LogP contribution in [0.15, 0.2) is 12.7 Å². The molecular formula is C14H24O2. The Balaban J connectivity index is 2.32. The topological polar surface area (TPSA) is 26.3 Å². The average molecular weight is 224 g/mol. The number of carbonyl (C=O) groups excluding carboxylic acids is 1. The van der Waals surface area contributed by atoms with Crippen LogP contribution in [0.4, 0.5) is 0 Å². The number of allylic oxidation sites excluding steroid dienone is 1. The molecule has 0 heterocycles. The molecule has 92 valence electrons. The van der Waals surface area contributed by atoms with Crippen molar-refractivity contribution in [2.24, 2.45) is 5.41 Å². The minimum atomic E-state index is -0.149. The van der Waals surface area contributed by atoms with Crippen molar-refractivity contribution in [3.8, 4) is 0 Å². The fourth-order valence-corrected chi connectivity index (χ4v) is 2.45. The van der Waals surface area contributed by atoms with Gasteiger partial charge in [-0.2, -0.15) is 0 Å². The number of hydrogen-bond acceptors (Lipinski definition) is 2. The van der Waals surface area contributed by atoms with E-state index in [1.807, 2.05) is 6.08 Å². The molecule has 0 aliphatic heterocycles. The second kappa shape index (κ2) is 6.07. The SMILES string of the molecule is C=CC[C@@]1(CCCCCC)C[C@@H]1OC(C)=O. The summed E-state index contributed by atoms with van der Waals surface area (Å²) < 4.78 is 5.30. The molecule has 0 N–H and O–H groups in total. The Hall–Kier alpha value is -0.790. The second-order valence-corrected chi connectivity index (χ2v) is 4.97. The van der Waals surface area contributed by atoms with E-state index in [0.717, 1.165) is 12.8 Å². The lowest BCUT2D eigenvalue weighted by molar-refractivity contribution is -0.143.